The van der Waals surface area contributed by atoms with Gasteiger partial charge in [-0.25, -0.2) is 8.42 Å². The number of aryl methyl sites for hydroxylation is 1. The molecule has 3 aromatic rings. The lowest BCUT2D eigenvalue weighted by Crippen LogP contribution is -2.37. The van der Waals surface area contributed by atoms with Crippen LogP contribution in [0.2, 0.25) is 0 Å². The maximum Gasteiger partial charge on any atom is 0.243 e. The molecule has 1 aliphatic rings. The molecule has 0 aliphatic carbocycles. The molecule has 5 nitrogen and oxygen atoms in total. The summed E-state index contributed by atoms with van der Waals surface area (Å²) in [5.74, 6) is 0.754. The molecule has 0 amide bonds. The number of hydrogen-bond acceptors (Lipinski definition) is 5. The highest BCUT2D eigenvalue weighted by Crippen LogP contribution is 2.24. The van der Waals surface area contributed by atoms with E-state index in [4.69, 9.17) is 9.47 Å². The highest BCUT2D eigenvalue weighted by molar-refractivity contribution is 7.89. The molecule has 1 atom stereocenters. The first-order chi connectivity index (χ1) is 15.5. The summed E-state index contributed by atoms with van der Waals surface area (Å²) in [5, 5.41) is 2.06. The highest BCUT2D eigenvalue weighted by atomic mass is 32.2. The van der Waals surface area contributed by atoms with Gasteiger partial charge in [0.2, 0.25) is 10.0 Å². The summed E-state index contributed by atoms with van der Waals surface area (Å²) in [6.07, 6.45) is 2.64. The highest BCUT2D eigenvalue weighted by Gasteiger charge is 2.29. The second kappa shape index (κ2) is 10.6. The second-order valence-electron chi connectivity index (χ2n) is 8.07. The van der Waals surface area contributed by atoms with Crippen LogP contribution in [0.1, 0.15) is 28.8 Å². The van der Waals surface area contributed by atoms with Crippen LogP contribution >= 0.6 is 11.3 Å². The molecule has 0 N–H and O–H groups in total. The summed E-state index contributed by atoms with van der Waals surface area (Å²) in [6, 6.07) is 18.9. The van der Waals surface area contributed by atoms with Gasteiger partial charge >= 0.3 is 0 Å². The summed E-state index contributed by atoms with van der Waals surface area (Å²) >= 11 is 1.72. The van der Waals surface area contributed by atoms with E-state index in [9.17, 15) is 8.42 Å². The Bertz CT molecular complexity index is 1090. The predicted molar refractivity (Wildman–Crippen MR) is 128 cm³/mol. The van der Waals surface area contributed by atoms with Crippen molar-refractivity contribution in [1.82, 2.24) is 4.31 Å². The predicted octanol–water partition coefficient (Wildman–Crippen LogP) is 5.05. The van der Waals surface area contributed by atoms with Gasteiger partial charge in [0.05, 0.1) is 17.6 Å². The molecule has 1 fully saturated rings. The van der Waals surface area contributed by atoms with Crippen LogP contribution in [-0.4, -0.2) is 38.6 Å². The normalized spacial score (nSPS) is 16.5. The molecule has 0 saturated carbocycles. The van der Waals surface area contributed by atoms with Gasteiger partial charge in [-0.3, -0.25) is 0 Å². The smallest absolute Gasteiger partial charge is 0.243 e. The third kappa shape index (κ3) is 5.98. The number of nitrogens with zero attached hydrogens (tertiary/aromatic N) is 1. The van der Waals surface area contributed by atoms with E-state index in [-0.39, 0.29) is 12.6 Å². The molecule has 0 bridgehead atoms. The van der Waals surface area contributed by atoms with Gasteiger partial charge in [-0.05, 0) is 61.0 Å². The maximum atomic E-state index is 13.5. The first-order valence-corrected chi connectivity index (χ1v) is 13.3. The van der Waals surface area contributed by atoms with Gasteiger partial charge in [0, 0.05) is 31.0 Å². The number of thiophene rings is 1. The molecular formula is C25H29NO4S2. The molecule has 32 heavy (non-hydrogen) atoms. The zero-order valence-corrected chi connectivity index (χ0v) is 19.9. The molecule has 2 heterocycles. The van der Waals surface area contributed by atoms with Crippen LogP contribution < -0.4 is 4.74 Å². The largest absolute Gasteiger partial charge is 0.493 e. The van der Waals surface area contributed by atoms with Crippen LogP contribution in [0.5, 0.6) is 5.75 Å². The average Bonchev–Trinajstić information content (AvgIpc) is 3.48. The van der Waals surface area contributed by atoms with Crippen LogP contribution in [-0.2, 0) is 27.7 Å². The third-order valence-electron chi connectivity index (χ3n) is 5.54. The number of ether oxygens (including phenoxy) is 2. The quantitative estimate of drug-likeness (QED) is 0.415. The van der Waals surface area contributed by atoms with Crippen LogP contribution in [0, 0.1) is 6.92 Å². The van der Waals surface area contributed by atoms with Gasteiger partial charge in [0.1, 0.15) is 5.75 Å². The Kier molecular flexibility index (Phi) is 7.63. The topological polar surface area (TPSA) is 55.8 Å². The van der Waals surface area contributed by atoms with Gasteiger partial charge in [-0.2, -0.15) is 4.31 Å². The Morgan fingerprint density at radius 2 is 1.97 bits per heavy atom. The van der Waals surface area contributed by atoms with E-state index in [0.717, 1.165) is 36.1 Å². The van der Waals surface area contributed by atoms with E-state index in [2.05, 4.69) is 11.4 Å². The second-order valence-corrected chi connectivity index (χ2v) is 11.0. The Balaban J connectivity index is 1.49. The van der Waals surface area contributed by atoms with Crippen LogP contribution in [0.3, 0.4) is 0 Å². The van der Waals surface area contributed by atoms with Crippen molar-refractivity contribution in [2.75, 3.05) is 19.8 Å². The summed E-state index contributed by atoms with van der Waals surface area (Å²) in [4.78, 5) is 1.59. The fraction of sp³-hybridized carbons (Fsp3) is 0.360. The zero-order valence-electron chi connectivity index (χ0n) is 18.3. The van der Waals surface area contributed by atoms with Crippen molar-refractivity contribution in [3.8, 4) is 5.75 Å². The van der Waals surface area contributed by atoms with E-state index < -0.39 is 10.0 Å². The van der Waals surface area contributed by atoms with Crippen molar-refractivity contribution in [2.24, 2.45) is 0 Å². The summed E-state index contributed by atoms with van der Waals surface area (Å²) < 4.78 is 40.2. The lowest BCUT2D eigenvalue weighted by atomic mass is 10.2. The molecule has 1 aromatic heterocycles. The SMILES string of the molecule is Cc1ccc(S(=O)(=O)N(Cc2cccc(OCCc3cccs3)c2)C[C@@H]2CCCO2)cc1. The standard InChI is InChI=1S/C25H29NO4S2/c1-20-9-11-25(12-10-20)32(27,28)26(19-23-7-3-14-29-23)18-21-5-2-6-22(17-21)30-15-13-24-8-4-16-31-24/h2,4-6,8-12,16-17,23H,3,7,13-15,18-19H2,1H3/t23-/m0/s1. The van der Waals surface area contributed by atoms with Gasteiger partial charge in [0.25, 0.3) is 0 Å². The Morgan fingerprint density at radius 3 is 2.69 bits per heavy atom. The minimum Gasteiger partial charge on any atom is -0.493 e. The molecule has 0 radical (unpaired) electrons. The molecule has 4 rings (SSSR count). The average molecular weight is 472 g/mol. The van der Waals surface area contributed by atoms with E-state index in [1.54, 1.807) is 27.8 Å². The fourth-order valence-corrected chi connectivity index (χ4v) is 5.93. The lowest BCUT2D eigenvalue weighted by Gasteiger charge is -2.25. The Hall–Kier alpha value is -2.19. The van der Waals surface area contributed by atoms with Crippen LogP contribution in [0.15, 0.2) is 70.9 Å². The maximum absolute atomic E-state index is 13.5. The van der Waals surface area contributed by atoms with Gasteiger partial charge < -0.3 is 9.47 Å². The van der Waals surface area contributed by atoms with Crippen LogP contribution in [0.4, 0.5) is 0 Å². The summed E-state index contributed by atoms with van der Waals surface area (Å²) in [5.41, 5.74) is 1.93. The molecule has 0 spiro atoms. The van der Waals surface area contributed by atoms with Crippen molar-refractivity contribution in [1.29, 1.82) is 0 Å². The van der Waals surface area contributed by atoms with Crippen molar-refractivity contribution in [3.63, 3.8) is 0 Å². The minimum absolute atomic E-state index is 0.0690. The molecule has 1 aliphatic heterocycles. The molecule has 1 saturated heterocycles. The number of benzene rings is 2. The molecular weight excluding hydrogens is 442 g/mol. The number of hydrogen-bond donors (Lipinski definition) is 0. The van der Waals surface area contributed by atoms with Crippen molar-refractivity contribution >= 4 is 21.4 Å². The fourth-order valence-electron chi connectivity index (χ4n) is 3.78. The first kappa shape index (κ1) is 23.0. The molecule has 2 aromatic carbocycles. The Morgan fingerprint density at radius 1 is 1.12 bits per heavy atom. The number of rotatable bonds is 10. The summed E-state index contributed by atoms with van der Waals surface area (Å²) in [6.45, 7) is 3.85. The monoisotopic (exact) mass is 471 g/mol. The van der Waals surface area contributed by atoms with Gasteiger partial charge in [-0.15, -0.1) is 11.3 Å². The first-order valence-electron chi connectivity index (χ1n) is 10.9. The molecule has 0 unspecified atom stereocenters. The van der Waals surface area contributed by atoms with Gasteiger partial charge in [0.15, 0.2) is 0 Å². The molecule has 7 heteroatoms. The molecule has 170 valence electrons. The van der Waals surface area contributed by atoms with E-state index >= 15 is 0 Å². The zero-order chi connectivity index (χ0) is 22.4. The van der Waals surface area contributed by atoms with Crippen molar-refractivity contribution in [3.05, 3.63) is 82.0 Å². The van der Waals surface area contributed by atoms with Crippen molar-refractivity contribution < 1.29 is 17.9 Å². The van der Waals surface area contributed by atoms with Crippen molar-refractivity contribution in [2.45, 2.75) is 43.7 Å². The van der Waals surface area contributed by atoms with Gasteiger partial charge in [-0.1, -0.05) is 35.9 Å². The summed E-state index contributed by atoms with van der Waals surface area (Å²) in [7, 11) is -3.65. The van der Waals surface area contributed by atoms with E-state index in [1.807, 2.05) is 49.4 Å². The minimum atomic E-state index is -3.65. The Labute approximate surface area is 194 Å². The van der Waals surface area contributed by atoms with Crippen LogP contribution in [0.25, 0.3) is 0 Å². The van der Waals surface area contributed by atoms with E-state index in [0.29, 0.717) is 24.7 Å². The lowest BCUT2D eigenvalue weighted by molar-refractivity contribution is 0.0926. The third-order valence-corrected chi connectivity index (χ3v) is 8.31. The van der Waals surface area contributed by atoms with E-state index in [1.165, 1.54) is 4.88 Å². The number of sulfonamides is 1.